The number of carboxylic acids is 1. The largest absolute Gasteiger partial charge is 0.477 e. The molecule has 2 unspecified atom stereocenters. The van der Waals surface area contributed by atoms with Crippen LogP contribution in [0.25, 0.3) is 0 Å². The van der Waals surface area contributed by atoms with Gasteiger partial charge in [-0.25, -0.2) is 4.79 Å². The third kappa shape index (κ3) is 74.9. The van der Waals surface area contributed by atoms with E-state index in [2.05, 4.69) is 50.3 Å². The number of allylic oxidation sites excluding steroid dienone is 6. The number of rotatable bonds is 77. The first-order valence-electron chi connectivity index (χ1n) is 40.7. The minimum Gasteiger partial charge on any atom is -0.477 e. The van der Waals surface area contributed by atoms with E-state index in [4.69, 9.17) is 18.9 Å². The first-order valence-corrected chi connectivity index (χ1v) is 40.7. The molecule has 9 heteroatoms. The Morgan fingerprint density at radius 3 is 0.870 bits per heavy atom. The average Bonchev–Trinajstić information content (AvgIpc) is 3.75. The van der Waals surface area contributed by atoms with Crippen LogP contribution in [0.3, 0.4) is 0 Å². The standard InChI is InChI=1S/C83H157NO8/c1-6-8-10-12-14-16-18-20-22-24-26-28-30-32-34-36-37-38-39-40-41-42-43-44-46-47-49-51-53-55-57-59-61-63-65-67-69-71-73-80(85)90-77-79(78-91-83(82(87)88)89-76-75-84(3,4)5)92-81(86)74-72-70-68-66-64-62-60-58-56-54-52-50-48-45-35-33-31-29-27-25-23-21-19-17-15-13-11-9-7-2/h19,21,25,27,31,33,79,83H,6-18,20,22-24,26,28-30,32,34-78H2,1-5H3/p+1/b21-19-,27-25-,33-31-. The van der Waals surface area contributed by atoms with Gasteiger partial charge in [0.1, 0.15) is 13.2 Å². The predicted octanol–water partition coefficient (Wildman–Crippen LogP) is 25.9. The summed E-state index contributed by atoms with van der Waals surface area (Å²) in [6, 6.07) is 0. The average molecular weight is 1300 g/mol. The van der Waals surface area contributed by atoms with Crippen molar-refractivity contribution in [3.05, 3.63) is 36.5 Å². The lowest BCUT2D eigenvalue weighted by atomic mass is 10.0. The third-order valence-electron chi connectivity index (χ3n) is 18.6. The zero-order valence-corrected chi connectivity index (χ0v) is 62.2. The number of esters is 2. The molecule has 0 aliphatic heterocycles. The fraction of sp³-hybridized carbons (Fsp3) is 0.892. The molecule has 0 heterocycles. The Hall–Kier alpha value is -2.49. The maximum Gasteiger partial charge on any atom is 0.361 e. The number of carboxylic acid groups (broad SMARTS) is 1. The van der Waals surface area contributed by atoms with Crippen LogP contribution in [0.2, 0.25) is 0 Å². The molecule has 0 aliphatic rings. The summed E-state index contributed by atoms with van der Waals surface area (Å²) in [6.07, 6.45) is 93.1. The van der Waals surface area contributed by atoms with Gasteiger partial charge in [0.15, 0.2) is 6.10 Å². The molecule has 0 fully saturated rings. The number of hydrogen-bond donors (Lipinski definition) is 1. The summed E-state index contributed by atoms with van der Waals surface area (Å²) in [5.74, 6) is -1.97. The Morgan fingerprint density at radius 1 is 0.326 bits per heavy atom. The van der Waals surface area contributed by atoms with E-state index < -0.39 is 18.4 Å². The van der Waals surface area contributed by atoms with Gasteiger partial charge >= 0.3 is 17.9 Å². The fourth-order valence-corrected chi connectivity index (χ4v) is 12.4. The minimum absolute atomic E-state index is 0.177. The van der Waals surface area contributed by atoms with Crippen LogP contribution in [0.4, 0.5) is 0 Å². The first-order chi connectivity index (χ1) is 45.1. The number of quaternary nitrogens is 1. The topological polar surface area (TPSA) is 108 Å². The molecular formula is C83H158NO8+. The van der Waals surface area contributed by atoms with Gasteiger partial charge in [0, 0.05) is 12.8 Å². The summed E-state index contributed by atoms with van der Waals surface area (Å²) in [5, 5.41) is 9.77. The van der Waals surface area contributed by atoms with Crippen molar-refractivity contribution in [2.75, 3.05) is 47.5 Å². The van der Waals surface area contributed by atoms with Gasteiger partial charge in [0.05, 0.1) is 34.4 Å². The van der Waals surface area contributed by atoms with Crippen molar-refractivity contribution >= 4 is 17.9 Å². The van der Waals surface area contributed by atoms with Crippen molar-refractivity contribution in [1.82, 2.24) is 0 Å². The van der Waals surface area contributed by atoms with E-state index in [1.165, 1.54) is 340 Å². The van der Waals surface area contributed by atoms with Crippen molar-refractivity contribution in [1.29, 1.82) is 0 Å². The van der Waals surface area contributed by atoms with Crippen molar-refractivity contribution in [3.63, 3.8) is 0 Å². The van der Waals surface area contributed by atoms with E-state index in [9.17, 15) is 19.5 Å². The second kappa shape index (κ2) is 74.3. The zero-order valence-electron chi connectivity index (χ0n) is 62.2. The lowest BCUT2D eigenvalue weighted by Gasteiger charge is -2.25. The Morgan fingerprint density at radius 2 is 0.587 bits per heavy atom. The lowest BCUT2D eigenvalue weighted by Crippen LogP contribution is -2.40. The lowest BCUT2D eigenvalue weighted by molar-refractivity contribution is -0.870. The second-order valence-electron chi connectivity index (χ2n) is 29.1. The summed E-state index contributed by atoms with van der Waals surface area (Å²) in [7, 11) is 6.00. The number of ether oxygens (including phenoxy) is 4. The van der Waals surface area contributed by atoms with Crippen LogP contribution in [0, 0.1) is 0 Å². The highest BCUT2D eigenvalue weighted by molar-refractivity contribution is 5.71. The molecule has 0 aliphatic carbocycles. The molecule has 0 aromatic carbocycles. The van der Waals surface area contributed by atoms with E-state index >= 15 is 0 Å². The third-order valence-corrected chi connectivity index (χ3v) is 18.6. The molecule has 0 amide bonds. The molecular weight excluding hydrogens is 1140 g/mol. The van der Waals surface area contributed by atoms with Crippen LogP contribution in [0.5, 0.6) is 0 Å². The first kappa shape index (κ1) is 89.5. The SMILES string of the molecule is CCCCCCC/C=C\C/C=C\C/C=C\CCCCCCCCCCCCCCCCC(=O)OC(COC(=O)CCCCCCCCCCCCCCCCCCCCCCCCCCCCCCCCCCCCCCCC)COC(OCC[N+](C)(C)C)C(=O)O. The van der Waals surface area contributed by atoms with Crippen LogP contribution >= 0.6 is 0 Å². The smallest absolute Gasteiger partial charge is 0.361 e. The molecule has 542 valence electrons. The van der Waals surface area contributed by atoms with Gasteiger partial charge in [0.2, 0.25) is 0 Å². The van der Waals surface area contributed by atoms with E-state index in [0.29, 0.717) is 17.4 Å². The molecule has 92 heavy (non-hydrogen) atoms. The summed E-state index contributed by atoms with van der Waals surface area (Å²) in [5.41, 5.74) is 0. The van der Waals surface area contributed by atoms with Gasteiger partial charge in [-0.3, -0.25) is 9.59 Å². The molecule has 0 saturated carbocycles. The molecule has 0 aromatic rings. The predicted molar refractivity (Wildman–Crippen MR) is 397 cm³/mol. The Bertz CT molecular complexity index is 1600. The maximum absolute atomic E-state index is 13.0. The van der Waals surface area contributed by atoms with Gasteiger partial charge in [-0.2, -0.15) is 0 Å². The normalized spacial score (nSPS) is 12.8. The quantitative estimate of drug-likeness (QED) is 0.0211. The van der Waals surface area contributed by atoms with E-state index in [1.807, 2.05) is 21.1 Å². The van der Waals surface area contributed by atoms with Crippen LogP contribution in [0.15, 0.2) is 36.5 Å². The number of carbonyl (C=O) groups is 3. The van der Waals surface area contributed by atoms with Crippen LogP contribution < -0.4 is 0 Å². The molecule has 0 bridgehead atoms. The monoisotopic (exact) mass is 1300 g/mol. The van der Waals surface area contributed by atoms with Crippen molar-refractivity contribution in [2.45, 2.75) is 431 Å². The summed E-state index contributed by atoms with van der Waals surface area (Å²) >= 11 is 0. The highest BCUT2D eigenvalue weighted by Gasteiger charge is 2.25. The summed E-state index contributed by atoms with van der Waals surface area (Å²) in [6.45, 7) is 4.94. The molecule has 0 radical (unpaired) electrons. The van der Waals surface area contributed by atoms with Gasteiger partial charge in [-0.1, -0.05) is 391 Å². The molecule has 2 atom stereocenters. The molecule has 0 aromatic heterocycles. The number of aliphatic carboxylic acids is 1. The van der Waals surface area contributed by atoms with Gasteiger partial charge in [0.25, 0.3) is 6.29 Å². The Kier molecular flexibility index (Phi) is 72.3. The number of unbranched alkanes of at least 4 members (excludes halogenated alkanes) is 56. The molecule has 0 rings (SSSR count). The maximum atomic E-state index is 13.0. The van der Waals surface area contributed by atoms with E-state index in [0.717, 1.165) is 51.4 Å². The zero-order chi connectivity index (χ0) is 66.8. The van der Waals surface area contributed by atoms with Crippen molar-refractivity contribution in [3.8, 4) is 0 Å². The second-order valence-corrected chi connectivity index (χ2v) is 29.1. The van der Waals surface area contributed by atoms with E-state index in [1.54, 1.807) is 0 Å². The fourth-order valence-electron chi connectivity index (χ4n) is 12.4. The number of likely N-dealkylation sites (N-methyl/N-ethyl adjacent to an activating group) is 1. The number of carbonyl (C=O) groups excluding carboxylic acids is 2. The number of nitrogens with zero attached hydrogens (tertiary/aromatic N) is 1. The van der Waals surface area contributed by atoms with E-state index in [-0.39, 0.29) is 38.2 Å². The van der Waals surface area contributed by atoms with Gasteiger partial charge in [-0.15, -0.1) is 0 Å². The summed E-state index contributed by atoms with van der Waals surface area (Å²) in [4.78, 5) is 37.7. The Balaban J connectivity index is 3.95. The molecule has 1 N–H and O–H groups in total. The van der Waals surface area contributed by atoms with Crippen LogP contribution in [-0.2, 0) is 33.3 Å². The van der Waals surface area contributed by atoms with Gasteiger partial charge in [-0.05, 0) is 51.4 Å². The highest BCUT2D eigenvalue weighted by atomic mass is 16.7. The number of hydrogen-bond acceptors (Lipinski definition) is 7. The Labute approximate surface area is 572 Å². The van der Waals surface area contributed by atoms with Crippen molar-refractivity contribution in [2.24, 2.45) is 0 Å². The minimum atomic E-state index is -1.51. The van der Waals surface area contributed by atoms with Crippen molar-refractivity contribution < 1.29 is 42.9 Å². The summed E-state index contributed by atoms with van der Waals surface area (Å²) < 4.78 is 23.1. The van der Waals surface area contributed by atoms with Gasteiger partial charge < -0.3 is 28.5 Å². The molecule has 9 nitrogen and oxygen atoms in total. The van der Waals surface area contributed by atoms with Crippen LogP contribution in [0.1, 0.15) is 418 Å². The molecule has 0 spiro atoms. The highest BCUT2D eigenvalue weighted by Crippen LogP contribution is 2.20. The molecule has 0 saturated heterocycles. The van der Waals surface area contributed by atoms with Crippen LogP contribution in [-0.4, -0.2) is 87.4 Å².